The molecule has 0 saturated carbocycles. The van der Waals surface area contributed by atoms with Gasteiger partial charge >= 0.3 is 0 Å². The lowest BCUT2D eigenvalue weighted by Crippen LogP contribution is -3.00. The maximum absolute atomic E-state index is 13.3. The average molecular weight is 507 g/mol. The Morgan fingerprint density at radius 2 is 0.935 bits per heavy atom. The van der Waals surface area contributed by atoms with Crippen molar-refractivity contribution in [2.45, 2.75) is 5.75 Å². The van der Waals surface area contributed by atoms with Gasteiger partial charge in [0.2, 0.25) is 5.12 Å². The number of thioether (sulfide) groups is 1. The van der Waals surface area contributed by atoms with Gasteiger partial charge in [-0.1, -0.05) is 96.7 Å². The minimum absolute atomic E-state index is 0. The molecule has 0 saturated heterocycles. The van der Waals surface area contributed by atoms with Gasteiger partial charge in [-0.25, -0.2) is 0 Å². The van der Waals surface area contributed by atoms with Crippen LogP contribution in [0.1, 0.15) is 5.56 Å². The molecule has 0 fully saturated rings. The fraction of sp³-hybridized carbons (Fsp3) is 0.0741. The van der Waals surface area contributed by atoms with Crippen molar-refractivity contribution in [1.29, 1.82) is 0 Å². The van der Waals surface area contributed by atoms with Crippen LogP contribution in [0.2, 0.25) is 0 Å². The molecule has 0 aliphatic rings. The highest BCUT2D eigenvalue weighted by Crippen LogP contribution is 2.55. The summed E-state index contributed by atoms with van der Waals surface area (Å²) < 4.78 is 0. The van der Waals surface area contributed by atoms with Crippen molar-refractivity contribution < 1.29 is 21.8 Å². The quantitative estimate of drug-likeness (QED) is 0.358. The largest absolute Gasteiger partial charge is 1.00 e. The number of carbonyl (C=O) groups is 1. The molecule has 0 unspecified atom stereocenters. The number of hydrogen-bond acceptors (Lipinski definition) is 2. The van der Waals surface area contributed by atoms with E-state index in [0.717, 1.165) is 0 Å². The number of benzene rings is 4. The van der Waals surface area contributed by atoms with Gasteiger partial charge in [-0.2, -0.15) is 0 Å². The third-order valence-electron chi connectivity index (χ3n) is 5.20. The normalized spacial score (nSPS) is 10.8. The monoisotopic (exact) mass is 506 g/mol. The first-order valence-corrected chi connectivity index (χ1v) is 13.0. The predicted octanol–water partition coefficient (Wildman–Crippen LogP) is 2.44. The lowest BCUT2D eigenvalue weighted by atomic mass is 10.2. The third-order valence-corrected chi connectivity index (χ3v) is 10.7. The van der Waals surface area contributed by atoms with Crippen LogP contribution in [0.25, 0.3) is 0 Å². The number of rotatable bonds is 7. The molecule has 0 aromatic heterocycles. The summed E-state index contributed by atoms with van der Waals surface area (Å²) in [5.74, 6) is 0.706. The zero-order valence-corrected chi connectivity index (χ0v) is 20.4. The Morgan fingerprint density at radius 3 is 1.32 bits per heavy atom. The van der Waals surface area contributed by atoms with Crippen LogP contribution in [-0.2, 0) is 10.5 Å². The van der Waals surface area contributed by atoms with Gasteiger partial charge in [-0.05, 0) is 42.0 Å². The Balaban J connectivity index is 0.00000272. The zero-order valence-electron chi connectivity index (χ0n) is 17.1. The molecule has 0 aliphatic carbocycles. The maximum atomic E-state index is 13.3. The zero-order chi connectivity index (χ0) is 20.7. The molecule has 0 N–H and O–H groups in total. The van der Waals surface area contributed by atoms with Gasteiger partial charge in [-0.15, -0.1) is 0 Å². The van der Waals surface area contributed by atoms with E-state index in [-0.39, 0.29) is 22.1 Å². The predicted molar refractivity (Wildman–Crippen MR) is 133 cm³/mol. The van der Waals surface area contributed by atoms with E-state index in [1.807, 2.05) is 36.4 Å². The van der Waals surface area contributed by atoms with Crippen LogP contribution < -0.4 is 32.9 Å². The van der Waals surface area contributed by atoms with E-state index in [9.17, 15) is 4.79 Å². The Bertz CT molecular complexity index is 977. The molecule has 31 heavy (non-hydrogen) atoms. The Morgan fingerprint density at radius 1 is 0.581 bits per heavy atom. The summed E-state index contributed by atoms with van der Waals surface area (Å²) in [7, 11) is -2.10. The van der Waals surface area contributed by atoms with E-state index < -0.39 is 7.26 Å². The summed E-state index contributed by atoms with van der Waals surface area (Å²) in [5, 5.41) is 3.98. The lowest BCUT2D eigenvalue weighted by Gasteiger charge is -2.26. The summed E-state index contributed by atoms with van der Waals surface area (Å²) in [4.78, 5) is 13.3. The van der Waals surface area contributed by atoms with Crippen molar-refractivity contribution in [2.75, 3.05) is 6.16 Å². The lowest BCUT2D eigenvalue weighted by molar-refractivity contribution is -0.108. The van der Waals surface area contributed by atoms with E-state index in [2.05, 4.69) is 84.9 Å². The first-order chi connectivity index (χ1) is 14.8. The molecule has 0 atom stereocenters. The third kappa shape index (κ3) is 5.54. The molecule has 0 aliphatic heterocycles. The van der Waals surface area contributed by atoms with Crippen molar-refractivity contribution in [1.82, 2.24) is 0 Å². The van der Waals surface area contributed by atoms with E-state index in [0.29, 0.717) is 11.9 Å². The standard InChI is InChI=1S/C27H24OPS.BrH/c28-27(30-22-23-13-5-1-6-14-23)21-29(24-15-7-2-8-16-24,25-17-9-3-10-18-25)26-19-11-4-12-20-26;/h1-20H,21-22H2;1H/q+1;/p-1. The van der Waals surface area contributed by atoms with Gasteiger partial charge in [0.1, 0.15) is 29.3 Å². The molecule has 4 aromatic rings. The van der Waals surface area contributed by atoms with Gasteiger partial charge in [0.15, 0.2) is 0 Å². The Kier molecular flexibility index (Phi) is 8.66. The van der Waals surface area contributed by atoms with E-state index in [1.54, 1.807) is 0 Å². The van der Waals surface area contributed by atoms with Crippen LogP contribution in [0.4, 0.5) is 0 Å². The Hall–Kier alpha value is -2.19. The first kappa shape index (κ1) is 23.5. The highest BCUT2D eigenvalue weighted by Gasteiger charge is 2.47. The summed E-state index contributed by atoms with van der Waals surface area (Å²) in [5.41, 5.74) is 1.18. The van der Waals surface area contributed by atoms with Crippen LogP contribution >= 0.6 is 19.0 Å². The summed E-state index contributed by atoms with van der Waals surface area (Å²) in [6, 6.07) is 41.9. The van der Waals surface area contributed by atoms with Crippen LogP contribution in [0.3, 0.4) is 0 Å². The van der Waals surface area contributed by atoms with Gasteiger partial charge in [0, 0.05) is 5.75 Å². The molecular formula is C27H24BrOPS. The van der Waals surface area contributed by atoms with Crippen molar-refractivity contribution >= 4 is 40.1 Å². The van der Waals surface area contributed by atoms with Gasteiger partial charge in [-0.3, -0.25) is 4.79 Å². The molecule has 1 nitrogen and oxygen atoms in total. The maximum Gasteiger partial charge on any atom is 0.227 e. The van der Waals surface area contributed by atoms with Crippen LogP contribution in [0, 0.1) is 0 Å². The van der Waals surface area contributed by atoms with Crippen LogP contribution in [0.15, 0.2) is 121 Å². The second kappa shape index (κ2) is 11.4. The highest BCUT2D eigenvalue weighted by molar-refractivity contribution is 8.14. The first-order valence-electron chi connectivity index (χ1n) is 10.0. The average Bonchev–Trinajstić information content (AvgIpc) is 2.83. The molecule has 0 heterocycles. The van der Waals surface area contributed by atoms with Gasteiger partial charge in [0.25, 0.3) is 0 Å². The van der Waals surface area contributed by atoms with E-state index in [4.69, 9.17) is 0 Å². The fourth-order valence-corrected chi connectivity index (χ4v) is 9.08. The molecule has 0 amide bonds. The van der Waals surface area contributed by atoms with E-state index >= 15 is 0 Å². The minimum atomic E-state index is -2.10. The summed E-state index contributed by atoms with van der Waals surface area (Å²) >= 11 is 1.43. The summed E-state index contributed by atoms with van der Waals surface area (Å²) in [6.45, 7) is 0. The highest BCUT2D eigenvalue weighted by atomic mass is 79.9. The van der Waals surface area contributed by atoms with Crippen molar-refractivity contribution in [3.8, 4) is 0 Å². The SMILES string of the molecule is O=C(C[P+](c1ccccc1)(c1ccccc1)c1ccccc1)SCc1ccccc1.[Br-]. The molecule has 4 heteroatoms. The second-order valence-corrected chi connectivity index (χ2v) is 11.6. The van der Waals surface area contributed by atoms with Crippen molar-refractivity contribution in [3.63, 3.8) is 0 Å². The molecular weight excluding hydrogens is 483 g/mol. The minimum Gasteiger partial charge on any atom is -1.00 e. The van der Waals surface area contributed by atoms with Gasteiger partial charge in [0.05, 0.1) is 0 Å². The van der Waals surface area contributed by atoms with Crippen LogP contribution in [-0.4, -0.2) is 11.3 Å². The number of hydrogen-bond donors (Lipinski definition) is 0. The van der Waals surface area contributed by atoms with Crippen molar-refractivity contribution in [2.24, 2.45) is 0 Å². The van der Waals surface area contributed by atoms with Crippen molar-refractivity contribution in [3.05, 3.63) is 127 Å². The molecule has 4 rings (SSSR count). The topological polar surface area (TPSA) is 17.1 Å². The molecule has 0 radical (unpaired) electrons. The smallest absolute Gasteiger partial charge is 0.227 e. The second-order valence-electron chi connectivity index (χ2n) is 7.12. The number of halogens is 1. The Labute approximate surface area is 200 Å². The number of carbonyl (C=O) groups excluding carboxylic acids is 1. The van der Waals surface area contributed by atoms with Gasteiger partial charge < -0.3 is 17.0 Å². The fourth-order valence-electron chi connectivity index (χ4n) is 3.75. The van der Waals surface area contributed by atoms with Crippen LogP contribution in [0.5, 0.6) is 0 Å². The molecule has 0 spiro atoms. The van der Waals surface area contributed by atoms with E-state index in [1.165, 1.54) is 33.2 Å². The molecule has 4 aromatic carbocycles. The molecule has 156 valence electrons. The molecule has 0 bridgehead atoms. The summed E-state index contributed by atoms with van der Waals surface area (Å²) in [6.07, 6.45) is 0.516.